The Hall–Kier alpha value is -1.62. The molecule has 0 saturated carbocycles. The molecule has 1 unspecified atom stereocenters. The molecule has 98 valence electrons. The zero-order valence-corrected chi connectivity index (χ0v) is 11.1. The fraction of sp³-hybridized carbons (Fsp3) is 0.500. The fourth-order valence-corrected chi connectivity index (χ4v) is 0.361. The highest BCUT2D eigenvalue weighted by Crippen LogP contribution is 1.99. The zero-order valence-electron chi connectivity index (χ0n) is 11.1. The molecule has 0 aliphatic rings. The second-order valence-electron chi connectivity index (χ2n) is 3.82. The van der Waals surface area contributed by atoms with Crippen LogP contribution < -0.4 is 5.11 Å². The molecule has 17 heavy (non-hydrogen) atoms. The summed E-state index contributed by atoms with van der Waals surface area (Å²) in [6.07, 6.45) is -0.195. The minimum absolute atomic E-state index is 0.0648. The van der Waals surface area contributed by atoms with E-state index in [9.17, 15) is 14.7 Å². The molecule has 1 atom stereocenters. The van der Waals surface area contributed by atoms with E-state index in [0.717, 1.165) is 0 Å². The van der Waals surface area contributed by atoms with Crippen LogP contribution in [0.1, 0.15) is 20.8 Å². The molecule has 0 radical (unpaired) electrons. The van der Waals surface area contributed by atoms with Gasteiger partial charge in [0.15, 0.2) is 6.23 Å². The lowest BCUT2D eigenvalue weighted by Crippen LogP contribution is -2.30. The molecule has 0 aromatic carbocycles. The molecule has 0 spiro atoms. The van der Waals surface area contributed by atoms with Crippen LogP contribution in [0, 0.1) is 0 Å². The van der Waals surface area contributed by atoms with E-state index in [1.165, 1.54) is 6.92 Å². The lowest BCUT2D eigenvalue weighted by molar-refractivity contribution is -0.299. The third kappa shape index (κ3) is 10.7. The van der Waals surface area contributed by atoms with E-state index in [4.69, 9.17) is 4.74 Å². The summed E-state index contributed by atoms with van der Waals surface area (Å²) >= 11 is 0. The average molecular weight is 242 g/mol. The van der Waals surface area contributed by atoms with E-state index >= 15 is 0 Å². The van der Waals surface area contributed by atoms with E-state index in [2.05, 4.69) is 13.2 Å². The van der Waals surface area contributed by atoms with Gasteiger partial charge in [0.1, 0.15) is 0 Å². The predicted molar refractivity (Wildman–Crippen MR) is 63.9 cm³/mol. The van der Waals surface area contributed by atoms with Gasteiger partial charge in [0, 0.05) is 5.57 Å². The minimum atomic E-state index is -1.19. The SMILES string of the molecule is C=C(C)C(=O)OC(C)N(C)C.C=C(C)C(=O)[O-]. The molecule has 5 heteroatoms. The second kappa shape index (κ2) is 8.52. The fourth-order valence-electron chi connectivity index (χ4n) is 0.361. The van der Waals surface area contributed by atoms with Crippen LogP contribution in [-0.2, 0) is 14.3 Å². The summed E-state index contributed by atoms with van der Waals surface area (Å²) in [5, 5.41) is 9.49. The average Bonchev–Trinajstić information content (AvgIpc) is 2.17. The van der Waals surface area contributed by atoms with Crippen molar-refractivity contribution >= 4 is 11.9 Å². The Balaban J connectivity index is 0. The van der Waals surface area contributed by atoms with Crippen LogP contribution >= 0.6 is 0 Å². The maximum atomic E-state index is 10.9. The maximum Gasteiger partial charge on any atom is 0.334 e. The zero-order chi connectivity index (χ0) is 14.2. The normalized spacial score (nSPS) is 10.9. The smallest absolute Gasteiger partial charge is 0.334 e. The summed E-state index contributed by atoms with van der Waals surface area (Å²) < 4.78 is 4.96. The van der Waals surface area contributed by atoms with Crippen LogP contribution in [0.4, 0.5) is 0 Å². The Labute approximate surface area is 102 Å². The Kier molecular flexibility index (Phi) is 8.91. The molecular formula is C12H20NO4-. The van der Waals surface area contributed by atoms with Crippen molar-refractivity contribution in [3.05, 3.63) is 24.3 Å². The van der Waals surface area contributed by atoms with Crippen molar-refractivity contribution in [1.82, 2.24) is 4.90 Å². The summed E-state index contributed by atoms with van der Waals surface area (Å²) in [5.74, 6) is -1.53. The quantitative estimate of drug-likeness (QED) is 0.403. The molecule has 0 N–H and O–H groups in total. The molecular weight excluding hydrogens is 222 g/mol. The van der Waals surface area contributed by atoms with Gasteiger partial charge < -0.3 is 14.6 Å². The van der Waals surface area contributed by atoms with Crippen molar-refractivity contribution in [2.24, 2.45) is 0 Å². The van der Waals surface area contributed by atoms with Crippen molar-refractivity contribution < 1.29 is 19.4 Å². The molecule has 0 heterocycles. The van der Waals surface area contributed by atoms with Gasteiger partial charge in [-0.2, -0.15) is 0 Å². The van der Waals surface area contributed by atoms with Gasteiger partial charge in [-0.1, -0.05) is 13.2 Å². The van der Waals surface area contributed by atoms with Crippen LogP contribution in [0.15, 0.2) is 24.3 Å². The molecule has 0 rings (SSSR count). The van der Waals surface area contributed by atoms with Crippen LogP contribution in [0.3, 0.4) is 0 Å². The summed E-state index contributed by atoms with van der Waals surface area (Å²) in [4.78, 5) is 22.2. The Morgan fingerprint density at radius 3 is 1.71 bits per heavy atom. The molecule has 0 saturated heterocycles. The summed E-state index contributed by atoms with van der Waals surface area (Å²) in [6.45, 7) is 11.4. The number of carbonyl (C=O) groups is 2. The number of carbonyl (C=O) groups excluding carboxylic acids is 2. The highest BCUT2D eigenvalue weighted by Gasteiger charge is 2.10. The third-order valence-electron chi connectivity index (χ3n) is 1.70. The number of hydrogen-bond donors (Lipinski definition) is 0. The monoisotopic (exact) mass is 242 g/mol. The predicted octanol–water partition coefficient (Wildman–Crippen LogP) is 0.326. The number of aliphatic carboxylic acids is 1. The maximum absolute atomic E-state index is 10.9. The van der Waals surface area contributed by atoms with E-state index in [0.29, 0.717) is 5.57 Å². The number of esters is 1. The first-order valence-electron chi connectivity index (χ1n) is 4.99. The van der Waals surface area contributed by atoms with Crippen molar-refractivity contribution in [3.63, 3.8) is 0 Å². The first-order chi connectivity index (χ1) is 7.59. The lowest BCUT2D eigenvalue weighted by Gasteiger charge is -2.19. The van der Waals surface area contributed by atoms with Gasteiger partial charge >= 0.3 is 5.97 Å². The summed E-state index contributed by atoms with van der Waals surface area (Å²) in [7, 11) is 3.69. The van der Waals surface area contributed by atoms with E-state index in [-0.39, 0.29) is 17.8 Å². The number of carboxylic acids is 1. The van der Waals surface area contributed by atoms with Crippen molar-refractivity contribution in [2.45, 2.75) is 27.0 Å². The van der Waals surface area contributed by atoms with Crippen LogP contribution in [0.5, 0.6) is 0 Å². The standard InChI is InChI=1S/C8H15NO2.C4H6O2/c1-6(2)8(10)11-7(3)9(4)5;1-3(2)4(5)6/h7H,1H2,2-5H3;1H2,2H3,(H,5,6)/p-1. The molecule has 0 aliphatic heterocycles. The van der Waals surface area contributed by atoms with Crippen molar-refractivity contribution in [2.75, 3.05) is 14.1 Å². The highest BCUT2D eigenvalue weighted by molar-refractivity contribution is 5.87. The summed E-state index contributed by atoms with van der Waals surface area (Å²) in [5.41, 5.74) is 0.494. The van der Waals surface area contributed by atoms with E-state index < -0.39 is 5.97 Å². The number of rotatable bonds is 4. The van der Waals surface area contributed by atoms with Crippen molar-refractivity contribution in [1.29, 1.82) is 0 Å². The van der Waals surface area contributed by atoms with Gasteiger partial charge in [0.25, 0.3) is 0 Å². The highest BCUT2D eigenvalue weighted by atomic mass is 16.6. The van der Waals surface area contributed by atoms with Gasteiger partial charge in [-0.05, 0) is 40.4 Å². The first-order valence-corrected chi connectivity index (χ1v) is 4.99. The number of ether oxygens (including phenoxy) is 1. The molecule has 0 aliphatic carbocycles. The van der Waals surface area contributed by atoms with Crippen LogP contribution in [0.25, 0.3) is 0 Å². The molecule has 0 fully saturated rings. The van der Waals surface area contributed by atoms with Gasteiger partial charge in [0.05, 0.1) is 5.97 Å². The van der Waals surface area contributed by atoms with Crippen LogP contribution in [0.2, 0.25) is 0 Å². The van der Waals surface area contributed by atoms with E-state index in [1.54, 1.807) is 18.7 Å². The van der Waals surface area contributed by atoms with Gasteiger partial charge in [-0.15, -0.1) is 0 Å². The third-order valence-corrected chi connectivity index (χ3v) is 1.70. The largest absolute Gasteiger partial charge is 0.545 e. The number of carboxylic acid groups (broad SMARTS) is 1. The Morgan fingerprint density at radius 1 is 1.18 bits per heavy atom. The van der Waals surface area contributed by atoms with Gasteiger partial charge in [-0.3, -0.25) is 4.90 Å². The van der Waals surface area contributed by atoms with E-state index in [1.807, 2.05) is 14.1 Å². The second-order valence-corrected chi connectivity index (χ2v) is 3.82. The lowest BCUT2D eigenvalue weighted by atomic mass is 10.4. The molecule has 0 amide bonds. The first kappa shape index (κ1) is 17.8. The Bertz CT molecular complexity index is 296. The number of nitrogens with zero attached hydrogens (tertiary/aromatic N) is 1. The summed E-state index contributed by atoms with van der Waals surface area (Å²) in [6, 6.07) is 0. The van der Waals surface area contributed by atoms with Crippen molar-refractivity contribution in [3.8, 4) is 0 Å². The topological polar surface area (TPSA) is 69.7 Å². The number of hydrogen-bond acceptors (Lipinski definition) is 5. The minimum Gasteiger partial charge on any atom is -0.545 e. The van der Waals surface area contributed by atoms with Gasteiger partial charge in [-0.25, -0.2) is 4.79 Å². The Morgan fingerprint density at radius 2 is 1.53 bits per heavy atom. The molecule has 5 nitrogen and oxygen atoms in total. The molecule has 0 aromatic heterocycles. The molecule has 0 aromatic rings. The van der Waals surface area contributed by atoms with Gasteiger partial charge in [0.2, 0.25) is 0 Å². The van der Waals surface area contributed by atoms with Crippen LogP contribution in [-0.4, -0.2) is 37.2 Å². The molecule has 0 bridgehead atoms.